The van der Waals surface area contributed by atoms with Gasteiger partial charge in [-0.3, -0.25) is 9.69 Å². The number of nitrogens with one attached hydrogen (secondary N) is 1. The summed E-state index contributed by atoms with van der Waals surface area (Å²) in [5.74, 6) is 2.45. The summed E-state index contributed by atoms with van der Waals surface area (Å²) in [6.07, 6.45) is 2.18. The molecule has 34 heavy (non-hydrogen) atoms. The number of benzene rings is 2. The quantitative estimate of drug-likeness (QED) is 0.579. The zero-order chi connectivity index (χ0) is 23.5. The Kier molecular flexibility index (Phi) is 6.74. The van der Waals surface area contributed by atoms with Crippen molar-refractivity contribution < 1.29 is 14.2 Å². The number of ether oxygens (including phenoxy) is 3. The van der Waals surface area contributed by atoms with E-state index in [2.05, 4.69) is 29.3 Å². The second-order valence-electron chi connectivity index (χ2n) is 9.23. The fourth-order valence-electron chi connectivity index (χ4n) is 4.97. The first-order valence-electron chi connectivity index (χ1n) is 12.1. The third kappa shape index (κ3) is 4.91. The number of aromatic nitrogens is 1. The van der Waals surface area contributed by atoms with Crippen LogP contribution in [-0.4, -0.2) is 55.0 Å². The molecule has 3 aromatic rings. The number of pyridine rings is 1. The van der Waals surface area contributed by atoms with Crippen LogP contribution >= 0.6 is 0 Å². The first-order valence-corrected chi connectivity index (χ1v) is 12.1. The van der Waals surface area contributed by atoms with Crippen molar-refractivity contribution in [3.05, 3.63) is 64.4 Å². The third-order valence-electron chi connectivity index (χ3n) is 7.00. The van der Waals surface area contributed by atoms with Gasteiger partial charge in [-0.05, 0) is 74.1 Å². The Bertz CT molecular complexity index is 1200. The van der Waals surface area contributed by atoms with Crippen LogP contribution in [0, 0.1) is 0 Å². The fraction of sp³-hybridized carbons (Fsp3) is 0.444. The second-order valence-corrected chi connectivity index (χ2v) is 9.23. The molecule has 0 spiro atoms. The van der Waals surface area contributed by atoms with Crippen LogP contribution in [0.25, 0.3) is 10.9 Å². The van der Waals surface area contributed by atoms with Gasteiger partial charge in [0.25, 0.3) is 5.56 Å². The minimum atomic E-state index is 0.0311. The van der Waals surface area contributed by atoms with Gasteiger partial charge in [0.15, 0.2) is 11.5 Å². The summed E-state index contributed by atoms with van der Waals surface area (Å²) < 4.78 is 18.6. The van der Waals surface area contributed by atoms with E-state index >= 15 is 0 Å². The van der Waals surface area contributed by atoms with Gasteiger partial charge in [0, 0.05) is 37.3 Å². The molecule has 1 atom stereocenters. The lowest BCUT2D eigenvalue weighted by Gasteiger charge is -2.36. The third-order valence-corrected chi connectivity index (χ3v) is 7.00. The highest BCUT2D eigenvalue weighted by Crippen LogP contribution is 2.30. The Hall–Kier alpha value is -3.03. The number of rotatable bonds is 7. The summed E-state index contributed by atoms with van der Waals surface area (Å²) in [6, 6.07) is 16.4. The van der Waals surface area contributed by atoms with Gasteiger partial charge in [0.05, 0.1) is 12.6 Å². The number of piperidine rings is 1. The molecule has 1 saturated heterocycles. The number of methoxy groups -OCH3 is 1. The largest absolute Gasteiger partial charge is 0.497 e. The van der Waals surface area contributed by atoms with Crippen molar-refractivity contribution in [1.82, 2.24) is 14.8 Å². The van der Waals surface area contributed by atoms with Crippen molar-refractivity contribution in [2.45, 2.75) is 44.9 Å². The maximum absolute atomic E-state index is 12.7. The predicted molar refractivity (Wildman–Crippen MR) is 133 cm³/mol. The van der Waals surface area contributed by atoms with Crippen LogP contribution in [-0.2, 0) is 13.1 Å². The van der Waals surface area contributed by atoms with Crippen molar-refractivity contribution in [3.63, 3.8) is 0 Å². The summed E-state index contributed by atoms with van der Waals surface area (Å²) in [4.78, 5) is 15.2. The highest BCUT2D eigenvalue weighted by atomic mass is 16.6. The van der Waals surface area contributed by atoms with Gasteiger partial charge < -0.3 is 24.1 Å². The number of hydrogen-bond acceptors (Lipinski definition) is 6. The molecule has 1 unspecified atom stereocenters. The molecular formula is C27H33N3O4. The molecule has 3 heterocycles. The molecule has 1 N–H and O–H groups in total. The molecule has 0 saturated carbocycles. The van der Waals surface area contributed by atoms with Crippen molar-refractivity contribution >= 4 is 10.9 Å². The van der Waals surface area contributed by atoms with Gasteiger partial charge in [-0.15, -0.1) is 0 Å². The zero-order valence-electron chi connectivity index (χ0n) is 20.0. The van der Waals surface area contributed by atoms with Gasteiger partial charge in [0.2, 0.25) is 0 Å². The van der Waals surface area contributed by atoms with Crippen molar-refractivity contribution in [3.8, 4) is 17.2 Å². The van der Waals surface area contributed by atoms with Crippen LogP contribution in [0.3, 0.4) is 0 Å². The van der Waals surface area contributed by atoms with E-state index in [0.717, 1.165) is 60.6 Å². The Morgan fingerprint density at radius 1 is 1.03 bits per heavy atom. The van der Waals surface area contributed by atoms with E-state index in [-0.39, 0.29) is 11.6 Å². The molecule has 7 heteroatoms. The highest BCUT2D eigenvalue weighted by Gasteiger charge is 2.23. The molecule has 7 nitrogen and oxygen atoms in total. The SMILES string of the molecule is COc1ccc2ccc(=O)n(CC(C)N3CCC(NCc4ccc5c(c4)OCCO5)CC3)c2c1. The molecule has 0 bridgehead atoms. The Labute approximate surface area is 200 Å². The summed E-state index contributed by atoms with van der Waals surface area (Å²) in [7, 11) is 1.65. The van der Waals surface area contributed by atoms with E-state index in [1.165, 1.54) is 5.56 Å². The molecule has 0 aliphatic carbocycles. The lowest BCUT2D eigenvalue weighted by Crippen LogP contribution is -2.47. The normalized spacial score (nSPS) is 17.6. The fourth-order valence-corrected chi connectivity index (χ4v) is 4.97. The summed E-state index contributed by atoms with van der Waals surface area (Å²) in [5, 5.41) is 4.76. The molecule has 1 fully saturated rings. The van der Waals surface area contributed by atoms with E-state index < -0.39 is 0 Å². The maximum Gasteiger partial charge on any atom is 0.251 e. The van der Waals surface area contributed by atoms with Gasteiger partial charge in [-0.25, -0.2) is 0 Å². The molecular weight excluding hydrogens is 430 g/mol. The van der Waals surface area contributed by atoms with Gasteiger partial charge in [0.1, 0.15) is 19.0 Å². The van der Waals surface area contributed by atoms with E-state index in [1.807, 2.05) is 34.9 Å². The first-order chi connectivity index (χ1) is 16.6. The zero-order valence-corrected chi connectivity index (χ0v) is 20.0. The average Bonchev–Trinajstić information content (AvgIpc) is 2.89. The maximum atomic E-state index is 12.7. The molecule has 2 aliphatic heterocycles. The van der Waals surface area contributed by atoms with Crippen LogP contribution in [0.5, 0.6) is 17.2 Å². The monoisotopic (exact) mass is 463 g/mol. The standard InChI is InChI=1S/C27H33N3O4/c1-19(18-30-24-16-23(32-2)6-4-21(24)5-8-27(30)31)29-11-9-22(10-12-29)28-17-20-3-7-25-26(15-20)34-14-13-33-25/h3-8,15-16,19,22,28H,9-14,17-18H2,1-2H3. The van der Waals surface area contributed by atoms with Crippen LogP contribution < -0.4 is 25.1 Å². The van der Waals surface area contributed by atoms with Crippen LogP contribution in [0.15, 0.2) is 53.3 Å². The second kappa shape index (κ2) is 10.1. The Morgan fingerprint density at radius 3 is 2.59 bits per heavy atom. The number of nitrogens with zero attached hydrogens (tertiary/aromatic N) is 2. The molecule has 0 amide bonds. The summed E-state index contributed by atoms with van der Waals surface area (Å²) in [5.41, 5.74) is 2.17. The smallest absolute Gasteiger partial charge is 0.251 e. The lowest BCUT2D eigenvalue weighted by atomic mass is 10.0. The number of fused-ring (bicyclic) bond motifs is 2. The van der Waals surface area contributed by atoms with E-state index in [4.69, 9.17) is 14.2 Å². The van der Waals surface area contributed by atoms with E-state index in [9.17, 15) is 4.79 Å². The summed E-state index contributed by atoms with van der Waals surface area (Å²) in [6.45, 7) is 6.96. The molecule has 180 valence electrons. The number of likely N-dealkylation sites (tertiary alicyclic amines) is 1. The van der Waals surface area contributed by atoms with Crippen molar-refractivity contribution in [2.24, 2.45) is 0 Å². The minimum Gasteiger partial charge on any atom is -0.497 e. The van der Waals surface area contributed by atoms with Crippen molar-refractivity contribution in [1.29, 1.82) is 0 Å². The lowest BCUT2D eigenvalue weighted by molar-refractivity contribution is 0.140. The van der Waals surface area contributed by atoms with Gasteiger partial charge in [-0.1, -0.05) is 6.07 Å². The first kappa shape index (κ1) is 22.7. The average molecular weight is 464 g/mol. The molecule has 5 rings (SSSR count). The van der Waals surface area contributed by atoms with Crippen LogP contribution in [0.2, 0.25) is 0 Å². The minimum absolute atomic E-state index is 0.0311. The Balaban J connectivity index is 1.17. The molecule has 2 aromatic carbocycles. The molecule has 1 aromatic heterocycles. The summed E-state index contributed by atoms with van der Waals surface area (Å²) >= 11 is 0. The van der Waals surface area contributed by atoms with Crippen LogP contribution in [0.4, 0.5) is 0 Å². The van der Waals surface area contributed by atoms with Gasteiger partial charge >= 0.3 is 0 Å². The predicted octanol–water partition coefficient (Wildman–Crippen LogP) is 3.42. The van der Waals surface area contributed by atoms with Gasteiger partial charge in [-0.2, -0.15) is 0 Å². The molecule has 0 radical (unpaired) electrons. The highest BCUT2D eigenvalue weighted by molar-refractivity contribution is 5.80. The van der Waals surface area contributed by atoms with Crippen molar-refractivity contribution in [2.75, 3.05) is 33.4 Å². The van der Waals surface area contributed by atoms with Crippen LogP contribution in [0.1, 0.15) is 25.3 Å². The topological polar surface area (TPSA) is 65.0 Å². The molecule has 2 aliphatic rings. The number of hydrogen-bond donors (Lipinski definition) is 1. The Morgan fingerprint density at radius 2 is 1.79 bits per heavy atom. The van der Waals surface area contributed by atoms with E-state index in [0.29, 0.717) is 25.8 Å². The van der Waals surface area contributed by atoms with E-state index in [1.54, 1.807) is 13.2 Å².